The maximum atomic E-state index is 12.5. The average Bonchev–Trinajstić information content (AvgIpc) is 1.86. The second-order valence-electron chi connectivity index (χ2n) is 3.32. The van der Waals surface area contributed by atoms with Crippen molar-refractivity contribution < 1.29 is 8.78 Å². The van der Waals surface area contributed by atoms with Crippen molar-refractivity contribution in [1.82, 2.24) is 0 Å². The predicted octanol–water partition coefficient (Wildman–Crippen LogP) is 2.51. The second kappa shape index (κ2) is 2.88. The second-order valence-corrected chi connectivity index (χ2v) is 3.32. The number of hydrogen-bond acceptors (Lipinski definition) is 1. The Morgan fingerprint density at radius 3 is 2.45 bits per heavy atom. The Labute approximate surface area is 65.5 Å². The van der Waals surface area contributed by atoms with Crippen LogP contribution in [0.5, 0.6) is 0 Å². The Balaban J connectivity index is 2.58. The van der Waals surface area contributed by atoms with Gasteiger partial charge in [0, 0.05) is 12.1 Å². The van der Waals surface area contributed by atoms with Crippen molar-refractivity contribution in [3.05, 3.63) is 0 Å². The monoisotopic (exact) mass is 161 g/mol. The first-order chi connectivity index (χ1) is 5.01. The van der Waals surface area contributed by atoms with Crippen LogP contribution in [0, 0.1) is 5.92 Å². The summed E-state index contributed by atoms with van der Waals surface area (Å²) in [6.45, 7) is 3.67. The smallest absolute Gasteiger partial charge is 0.267 e. The summed E-state index contributed by atoms with van der Waals surface area (Å²) in [5.41, 5.74) is 0.941. The molecule has 0 saturated heterocycles. The minimum Gasteiger partial charge on any atom is -0.288 e. The Bertz CT molecular complexity index is 173. The molecule has 0 saturated carbocycles. The molecule has 1 aliphatic heterocycles. The molecule has 11 heavy (non-hydrogen) atoms. The van der Waals surface area contributed by atoms with E-state index in [1.54, 1.807) is 0 Å². The van der Waals surface area contributed by atoms with Crippen molar-refractivity contribution >= 4 is 5.71 Å². The average molecular weight is 161 g/mol. The zero-order valence-corrected chi connectivity index (χ0v) is 6.90. The fourth-order valence-electron chi connectivity index (χ4n) is 1.16. The lowest BCUT2D eigenvalue weighted by atomic mass is 9.98. The van der Waals surface area contributed by atoms with E-state index in [0.717, 1.165) is 5.71 Å². The molecule has 0 amide bonds. The number of halogens is 2. The molecular formula is C8H13F2N. The lowest BCUT2D eigenvalue weighted by Crippen LogP contribution is -2.28. The minimum atomic E-state index is -2.54. The van der Waals surface area contributed by atoms with Crippen LogP contribution in [-0.4, -0.2) is 18.2 Å². The zero-order valence-electron chi connectivity index (χ0n) is 6.90. The lowest BCUT2D eigenvalue weighted by molar-refractivity contribution is 0.000381. The van der Waals surface area contributed by atoms with E-state index in [9.17, 15) is 8.78 Å². The van der Waals surface area contributed by atoms with Crippen molar-refractivity contribution in [1.29, 1.82) is 0 Å². The van der Waals surface area contributed by atoms with E-state index in [0.29, 0.717) is 12.3 Å². The molecule has 0 aromatic heterocycles. The maximum absolute atomic E-state index is 12.5. The molecular weight excluding hydrogens is 148 g/mol. The van der Waals surface area contributed by atoms with Gasteiger partial charge in [0.05, 0.1) is 0 Å². The van der Waals surface area contributed by atoms with Gasteiger partial charge < -0.3 is 0 Å². The molecule has 0 atom stereocenters. The highest BCUT2D eigenvalue weighted by Gasteiger charge is 2.32. The summed E-state index contributed by atoms with van der Waals surface area (Å²) in [6.07, 6.45) is 0.439. The molecule has 0 aromatic rings. The van der Waals surface area contributed by atoms with Crippen LogP contribution in [0.1, 0.15) is 26.7 Å². The van der Waals surface area contributed by atoms with Gasteiger partial charge in [0.2, 0.25) is 0 Å². The molecule has 64 valence electrons. The SMILES string of the molecule is CC(C)C1=NCC(F)(F)CC1. The van der Waals surface area contributed by atoms with E-state index >= 15 is 0 Å². The standard InChI is InChI=1S/C8H13F2N/c1-6(2)7-3-4-8(9,10)5-11-7/h6H,3-5H2,1-2H3. The number of alkyl halides is 2. The third-order valence-electron chi connectivity index (χ3n) is 1.93. The molecule has 1 aliphatic rings. The van der Waals surface area contributed by atoms with E-state index in [4.69, 9.17) is 0 Å². The molecule has 3 heteroatoms. The van der Waals surface area contributed by atoms with Gasteiger partial charge in [-0.25, -0.2) is 8.78 Å². The van der Waals surface area contributed by atoms with Crippen LogP contribution in [0.2, 0.25) is 0 Å². The van der Waals surface area contributed by atoms with E-state index in [2.05, 4.69) is 4.99 Å². The van der Waals surface area contributed by atoms with Crippen LogP contribution in [0.3, 0.4) is 0 Å². The summed E-state index contributed by atoms with van der Waals surface area (Å²) < 4.78 is 25.1. The summed E-state index contributed by atoms with van der Waals surface area (Å²) in [7, 11) is 0. The highest BCUT2D eigenvalue weighted by Crippen LogP contribution is 2.26. The molecule has 0 fully saturated rings. The van der Waals surface area contributed by atoms with Gasteiger partial charge in [-0.05, 0) is 12.3 Å². The molecule has 0 spiro atoms. The first-order valence-electron chi connectivity index (χ1n) is 3.92. The van der Waals surface area contributed by atoms with E-state index in [1.165, 1.54) is 0 Å². The van der Waals surface area contributed by atoms with Crippen LogP contribution in [0.25, 0.3) is 0 Å². The number of aliphatic imine (C=N–C) groups is 1. The molecule has 0 aromatic carbocycles. The van der Waals surface area contributed by atoms with E-state index in [-0.39, 0.29) is 13.0 Å². The Morgan fingerprint density at radius 1 is 1.45 bits per heavy atom. The summed E-state index contributed by atoms with van der Waals surface area (Å²) in [4.78, 5) is 3.85. The summed E-state index contributed by atoms with van der Waals surface area (Å²) in [6, 6.07) is 0. The highest BCUT2D eigenvalue weighted by atomic mass is 19.3. The normalized spacial score (nSPS) is 23.5. The zero-order chi connectivity index (χ0) is 8.48. The number of nitrogens with zero attached hydrogens (tertiary/aromatic N) is 1. The van der Waals surface area contributed by atoms with Gasteiger partial charge in [0.1, 0.15) is 6.54 Å². The third kappa shape index (κ3) is 2.24. The molecule has 1 heterocycles. The van der Waals surface area contributed by atoms with Crippen molar-refractivity contribution in [2.45, 2.75) is 32.6 Å². The summed E-state index contributed by atoms with van der Waals surface area (Å²) >= 11 is 0. The van der Waals surface area contributed by atoms with Crippen molar-refractivity contribution in [2.75, 3.05) is 6.54 Å². The Morgan fingerprint density at radius 2 is 2.09 bits per heavy atom. The van der Waals surface area contributed by atoms with Gasteiger partial charge >= 0.3 is 0 Å². The van der Waals surface area contributed by atoms with Gasteiger partial charge in [0.25, 0.3) is 5.92 Å². The summed E-state index contributed by atoms with van der Waals surface area (Å²) in [5.74, 6) is -2.22. The van der Waals surface area contributed by atoms with Crippen molar-refractivity contribution in [2.24, 2.45) is 10.9 Å². The lowest BCUT2D eigenvalue weighted by Gasteiger charge is -2.22. The number of rotatable bonds is 1. The number of hydrogen-bond donors (Lipinski definition) is 0. The molecule has 0 radical (unpaired) electrons. The topological polar surface area (TPSA) is 12.4 Å². The van der Waals surface area contributed by atoms with Crippen LogP contribution < -0.4 is 0 Å². The molecule has 0 unspecified atom stereocenters. The first kappa shape index (κ1) is 8.62. The fourth-order valence-corrected chi connectivity index (χ4v) is 1.16. The van der Waals surface area contributed by atoms with Crippen LogP contribution >= 0.6 is 0 Å². The highest BCUT2D eigenvalue weighted by molar-refractivity contribution is 5.86. The molecule has 0 aliphatic carbocycles. The minimum absolute atomic E-state index is 0.0238. The van der Waals surface area contributed by atoms with Crippen LogP contribution in [-0.2, 0) is 0 Å². The van der Waals surface area contributed by atoms with Crippen LogP contribution in [0.15, 0.2) is 4.99 Å². The Kier molecular flexibility index (Phi) is 2.25. The van der Waals surface area contributed by atoms with Gasteiger partial charge in [-0.3, -0.25) is 4.99 Å². The summed E-state index contributed by atoms with van der Waals surface area (Å²) in [5, 5.41) is 0. The largest absolute Gasteiger partial charge is 0.288 e. The molecule has 1 rings (SSSR count). The van der Waals surface area contributed by atoms with Gasteiger partial charge in [-0.1, -0.05) is 13.8 Å². The van der Waals surface area contributed by atoms with Gasteiger partial charge in [0.15, 0.2) is 0 Å². The Hall–Kier alpha value is -0.470. The molecule has 0 bridgehead atoms. The van der Waals surface area contributed by atoms with Crippen molar-refractivity contribution in [3.8, 4) is 0 Å². The van der Waals surface area contributed by atoms with E-state index in [1.807, 2.05) is 13.8 Å². The van der Waals surface area contributed by atoms with Gasteiger partial charge in [-0.2, -0.15) is 0 Å². The predicted molar refractivity (Wildman–Crippen MR) is 41.3 cm³/mol. The van der Waals surface area contributed by atoms with Gasteiger partial charge in [-0.15, -0.1) is 0 Å². The fraction of sp³-hybridized carbons (Fsp3) is 0.875. The first-order valence-corrected chi connectivity index (χ1v) is 3.92. The van der Waals surface area contributed by atoms with E-state index < -0.39 is 5.92 Å². The molecule has 0 N–H and O–H groups in total. The molecule has 1 nitrogen and oxygen atoms in total. The van der Waals surface area contributed by atoms with Crippen LogP contribution in [0.4, 0.5) is 8.78 Å². The van der Waals surface area contributed by atoms with Crippen molar-refractivity contribution in [3.63, 3.8) is 0 Å². The maximum Gasteiger partial charge on any atom is 0.267 e. The quantitative estimate of drug-likeness (QED) is 0.560. The third-order valence-corrected chi connectivity index (χ3v) is 1.93.